The molecule has 0 amide bonds. The van der Waals surface area contributed by atoms with Crippen LogP contribution in [0.1, 0.15) is 25.7 Å². The molecule has 0 saturated heterocycles. The monoisotopic (exact) mass is 154 g/mol. The van der Waals surface area contributed by atoms with Gasteiger partial charge < -0.3 is 0 Å². The fraction of sp³-hybridized carbons (Fsp3) is 0.889. The van der Waals surface area contributed by atoms with Crippen molar-refractivity contribution in [3.63, 3.8) is 0 Å². The van der Waals surface area contributed by atoms with Crippen molar-refractivity contribution >= 4 is 11.6 Å². The largest absolute Gasteiger partial charge is 0.118 e. The molecule has 4 aliphatic rings. The molecule has 2 atom stereocenters. The van der Waals surface area contributed by atoms with Crippen LogP contribution in [0.25, 0.3) is 0 Å². The van der Waals surface area contributed by atoms with Crippen molar-refractivity contribution in [3.8, 4) is 0 Å². The molecule has 1 heteroatoms. The van der Waals surface area contributed by atoms with Crippen molar-refractivity contribution in [1.82, 2.24) is 0 Å². The smallest absolute Gasteiger partial charge is 0.0576 e. The molecule has 54 valence electrons. The standard InChI is InChI=1S/C9H11Cl/c10-9-5-4-6-7(9)2-1-3-8(6)9/h6-8H,1-4H2. The van der Waals surface area contributed by atoms with Gasteiger partial charge in [0.1, 0.15) is 0 Å². The van der Waals surface area contributed by atoms with E-state index >= 15 is 0 Å². The Labute approximate surface area is 66.9 Å². The Kier molecular flexibility index (Phi) is 0.912. The van der Waals surface area contributed by atoms with Crippen LogP contribution in [0.4, 0.5) is 0 Å². The predicted octanol–water partition coefficient (Wildman–Crippen LogP) is 2.50. The highest BCUT2D eigenvalue weighted by molar-refractivity contribution is 6.26. The van der Waals surface area contributed by atoms with E-state index in [1.165, 1.54) is 25.7 Å². The molecular weight excluding hydrogens is 144 g/mol. The van der Waals surface area contributed by atoms with E-state index < -0.39 is 0 Å². The third-order valence-corrected chi connectivity index (χ3v) is 4.45. The lowest BCUT2D eigenvalue weighted by atomic mass is 9.55. The molecule has 0 spiro atoms. The van der Waals surface area contributed by atoms with E-state index in [4.69, 9.17) is 11.6 Å². The lowest BCUT2D eigenvalue weighted by Crippen LogP contribution is -2.54. The SMILES string of the molecule is ClC12[C]CC3C1CCCC32. The minimum atomic E-state index is 0.0723. The van der Waals surface area contributed by atoms with Gasteiger partial charge in [0.25, 0.3) is 0 Å². The molecule has 4 rings (SSSR count). The highest BCUT2D eigenvalue weighted by Crippen LogP contribution is 2.69. The number of fused-ring (bicyclic) bond motifs is 1. The van der Waals surface area contributed by atoms with Gasteiger partial charge in [0.2, 0.25) is 0 Å². The number of rotatable bonds is 0. The zero-order valence-electron chi connectivity index (χ0n) is 5.94. The van der Waals surface area contributed by atoms with Crippen LogP contribution in [0.15, 0.2) is 0 Å². The second-order valence-electron chi connectivity index (χ2n) is 3.96. The van der Waals surface area contributed by atoms with Crippen molar-refractivity contribution in [3.05, 3.63) is 6.42 Å². The highest BCUT2D eigenvalue weighted by atomic mass is 35.5. The summed E-state index contributed by atoms with van der Waals surface area (Å²) in [4.78, 5) is 0.0723. The van der Waals surface area contributed by atoms with Gasteiger partial charge in [0, 0.05) is 6.42 Å². The minimum Gasteiger partial charge on any atom is -0.118 e. The quantitative estimate of drug-likeness (QED) is 0.471. The van der Waals surface area contributed by atoms with E-state index in [1.54, 1.807) is 0 Å². The third kappa shape index (κ3) is 0.423. The van der Waals surface area contributed by atoms with Crippen molar-refractivity contribution in [2.24, 2.45) is 17.8 Å². The van der Waals surface area contributed by atoms with Gasteiger partial charge in [-0.15, -0.1) is 11.6 Å². The molecule has 0 heterocycles. The summed E-state index contributed by atoms with van der Waals surface area (Å²) in [5.41, 5.74) is 0. The first-order valence-corrected chi connectivity index (χ1v) is 4.64. The van der Waals surface area contributed by atoms with E-state index in [1.807, 2.05) is 0 Å². The van der Waals surface area contributed by atoms with Crippen LogP contribution < -0.4 is 0 Å². The van der Waals surface area contributed by atoms with Crippen LogP contribution in [-0.4, -0.2) is 4.87 Å². The van der Waals surface area contributed by atoms with Crippen LogP contribution in [-0.2, 0) is 0 Å². The molecule has 0 aromatic heterocycles. The molecule has 2 radical (unpaired) electrons. The molecule has 0 N–H and O–H groups in total. The Balaban J connectivity index is 2.00. The normalized spacial score (nSPS) is 63.9. The van der Waals surface area contributed by atoms with Crippen LogP contribution >= 0.6 is 11.6 Å². The summed E-state index contributed by atoms with van der Waals surface area (Å²) < 4.78 is 0. The fourth-order valence-corrected chi connectivity index (χ4v) is 3.91. The maximum Gasteiger partial charge on any atom is 0.0576 e. The summed E-state index contributed by atoms with van der Waals surface area (Å²) in [5.74, 6) is 2.60. The average molecular weight is 155 g/mol. The summed E-state index contributed by atoms with van der Waals surface area (Å²) >= 11 is 6.39. The Bertz CT molecular complexity index is 164. The fourth-order valence-electron chi connectivity index (χ4n) is 3.29. The van der Waals surface area contributed by atoms with Crippen molar-refractivity contribution < 1.29 is 0 Å². The first-order chi connectivity index (χ1) is 4.82. The summed E-state index contributed by atoms with van der Waals surface area (Å²) in [6.07, 6.45) is 8.79. The predicted molar refractivity (Wildman–Crippen MR) is 40.8 cm³/mol. The second kappa shape index (κ2) is 1.55. The van der Waals surface area contributed by atoms with Crippen LogP contribution in [0.5, 0.6) is 0 Å². The summed E-state index contributed by atoms with van der Waals surface area (Å²) in [5, 5.41) is 0. The van der Waals surface area contributed by atoms with Gasteiger partial charge in [-0.2, -0.15) is 0 Å². The molecule has 4 fully saturated rings. The number of hydrogen-bond donors (Lipinski definition) is 0. The van der Waals surface area contributed by atoms with Gasteiger partial charge in [-0.25, -0.2) is 0 Å². The molecule has 2 unspecified atom stereocenters. The molecular formula is C9H11Cl. The zero-order chi connectivity index (χ0) is 6.77. The Morgan fingerprint density at radius 3 is 2.40 bits per heavy atom. The number of alkyl halides is 1. The number of halogens is 1. The lowest BCUT2D eigenvalue weighted by Gasteiger charge is -2.55. The summed E-state index contributed by atoms with van der Waals surface area (Å²) in [7, 11) is 0. The second-order valence-corrected chi connectivity index (χ2v) is 4.58. The first kappa shape index (κ1) is 5.88. The molecule has 4 saturated carbocycles. The van der Waals surface area contributed by atoms with E-state index in [0.717, 1.165) is 17.8 Å². The van der Waals surface area contributed by atoms with Crippen molar-refractivity contribution in [2.45, 2.75) is 30.6 Å². The maximum absolute atomic E-state index is 6.39. The molecule has 4 aliphatic carbocycles. The third-order valence-electron chi connectivity index (χ3n) is 3.75. The van der Waals surface area contributed by atoms with E-state index in [0.29, 0.717) is 0 Å². The van der Waals surface area contributed by atoms with Gasteiger partial charge in [-0.3, -0.25) is 0 Å². The van der Waals surface area contributed by atoms with Crippen LogP contribution in [0, 0.1) is 24.2 Å². The Hall–Kier alpha value is 0.290. The van der Waals surface area contributed by atoms with Crippen LogP contribution in [0.2, 0.25) is 0 Å². The highest BCUT2D eigenvalue weighted by Gasteiger charge is 2.66. The topological polar surface area (TPSA) is 0 Å². The zero-order valence-corrected chi connectivity index (χ0v) is 6.69. The van der Waals surface area contributed by atoms with E-state index in [9.17, 15) is 0 Å². The lowest BCUT2D eigenvalue weighted by molar-refractivity contribution is 0.0226. The van der Waals surface area contributed by atoms with Crippen molar-refractivity contribution in [1.29, 1.82) is 0 Å². The van der Waals surface area contributed by atoms with Gasteiger partial charge in [-0.05, 0) is 37.0 Å². The molecule has 10 heavy (non-hydrogen) atoms. The van der Waals surface area contributed by atoms with E-state index in [-0.39, 0.29) is 4.87 Å². The summed E-state index contributed by atoms with van der Waals surface area (Å²) in [6.45, 7) is 0. The van der Waals surface area contributed by atoms with Gasteiger partial charge in [0.05, 0.1) is 4.87 Å². The summed E-state index contributed by atoms with van der Waals surface area (Å²) in [6, 6.07) is 0. The number of hydrogen-bond acceptors (Lipinski definition) is 0. The van der Waals surface area contributed by atoms with Gasteiger partial charge in [0.15, 0.2) is 0 Å². The molecule has 0 nitrogen and oxygen atoms in total. The Morgan fingerprint density at radius 1 is 1.30 bits per heavy atom. The van der Waals surface area contributed by atoms with Crippen LogP contribution in [0.3, 0.4) is 0 Å². The minimum absolute atomic E-state index is 0.0723. The van der Waals surface area contributed by atoms with Crippen molar-refractivity contribution in [2.75, 3.05) is 0 Å². The maximum atomic E-state index is 6.39. The molecule has 0 aliphatic heterocycles. The molecule has 0 aromatic rings. The Morgan fingerprint density at radius 2 is 2.00 bits per heavy atom. The first-order valence-electron chi connectivity index (χ1n) is 4.26. The average Bonchev–Trinajstić information content (AvgIpc) is 2.47. The molecule has 4 bridgehead atoms. The molecule has 0 aromatic carbocycles. The van der Waals surface area contributed by atoms with E-state index in [2.05, 4.69) is 6.42 Å². The van der Waals surface area contributed by atoms with Gasteiger partial charge >= 0.3 is 0 Å². The van der Waals surface area contributed by atoms with Gasteiger partial charge in [-0.1, -0.05) is 6.42 Å².